The first-order valence-electron chi connectivity index (χ1n) is 8.77. The van der Waals surface area contributed by atoms with Gasteiger partial charge >= 0.3 is 0 Å². The molecule has 0 unspecified atom stereocenters. The third-order valence-electron chi connectivity index (χ3n) is 4.67. The van der Waals surface area contributed by atoms with E-state index in [9.17, 15) is 4.79 Å². The van der Waals surface area contributed by atoms with Crippen molar-refractivity contribution in [3.8, 4) is 0 Å². The van der Waals surface area contributed by atoms with Gasteiger partial charge in [0.1, 0.15) is 0 Å². The second kappa shape index (κ2) is 7.50. The van der Waals surface area contributed by atoms with Gasteiger partial charge in [-0.05, 0) is 34.7 Å². The van der Waals surface area contributed by atoms with Gasteiger partial charge in [-0.15, -0.1) is 0 Å². The molecule has 2 aromatic carbocycles. The number of pyridine rings is 1. The molecule has 0 saturated carbocycles. The fourth-order valence-electron chi connectivity index (χ4n) is 3.38. The Morgan fingerprint density at radius 1 is 1.00 bits per heavy atom. The standard InChI is InChI=1S/C22H20N2O2/c25-22(21-19-11-5-4-7-16(19)12-14-26-21)24-20(17-8-2-1-3-9-17)18-10-6-13-23-15-18/h1-11,13,15,20-21H,12,14H2,(H,24,25)/t20-,21+/m1/s1. The van der Waals surface area contributed by atoms with Crippen molar-refractivity contribution in [3.63, 3.8) is 0 Å². The van der Waals surface area contributed by atoms with Crippen LogP contribution in [-0.2, 0) is 16.0 Å². The van der Waals surface area contributed by atoms with Gasteiger partial charge < -0.3 is 10.1 Å². The summed E-state index contributed by atoms with van der Waals surface area (Å²) in [6.45, 7) is 0.554. The molecule has 1 amide bonds. The average molecular weight is 344 g/mol. The van der Waals surface area contributed by atoms with Crippen LogP contribution in [0.15, 0.2) is 79.1 Å². The highest BCUT2D eigenvalue weighted by Gasteiger charge is 2.29. The van der Waals surface area contributed by atoms with E-state index in [1.165, 1.54) is 5.56 Å². The lowest BCUT2D eigenvalue weighted by Gasteiger charge is -2.27. The second-order valence-electron chi connectivity index (χ2n) is 6.34. The Morgan fingerprint density at radius 2 is 1.77 bits per heavy atom. The summed E-state index contributed by atoms with van der Waals surface area (Å²) in [7, 11) is 0. The number of carbonyl (C=O) groups is 1. The van der Waals surface area contributed by atoms with Gasteiger partial charge in [0.2, 0.25) is 0 Å². The van der Waals surface area contributed by atoms with Gasteiger partial charge in [0.05, 0.1) is 12.6 Å². The van der Waals surface area contributed by atoms with Crippen LogP contribution in [0.1, 0.15) is 34.4 Å². The smallest absolute Gasteiger partial charge is 0.254 e. The van der Waals surface area contributed by atoms with Gasteiger partial charge in [-0.3, -0.25) is 9.78 Å². The summed E-state index contributed by atoms with van der Waals surface area (Å²) in [5.74, 6) is -0.130. The Bertz CT molecular complexity index is 841. The molecule has 3 aromatic rings. The number of amides is 1. The van der Waals surface area contributed by atoms with Crippen LogP contribution < -0.4 is 5.32 Å². The minimum atomic E-state index is -0.581. The van der Waals surface area contributed by atoms with E-state index < -0.39 is 6.10 Å². The molecule has 0 spiro atoms. The summed E-state index contributed by atoms with van der Waals surface area (Å²) < 4.78 is 5.81. The van der Waals surface area contributed by atoms with Gasteiger partial charge in [0.15, 0.2) is 6.10 Å². The molecule has 0 fully saturated rings. The largest absolute Gasteiger partial charge is 0.363 e. The number of hydrogen-bond acceptors (Lipinski definition) is 3. The average Bonchev–Trinajstić information content (AvgIpc) is 2.72. The first kappa shape index (κ1) is 16.5. The first-order valence-corrected chi connectivity index (χ1v) is 8.77. The molecule has 1 N–H and O–H groups in total. The zero-order chi connectivity index (χ0) is 17.8. The Hall–Kier alpha value is -2.98. The molecule has 2 heterocycles. The van der Waals surface area contributed by atoms with E-state index in [0.29, 0.717) is 6.61 Å². The third kappa shape index (κ3) is 3.37. The molecular weight excluding hydrogens is 324 g/mol. The molecule has 4 nitrogen and oxygen atoms in total. The van der Waals surface area contributed by atoms with Crippen LogP contribution in [0.2, 0.25) is 0 Å². The molecule has 4 rings (SSSR count). The third-order valence-corrected chi connectivity index (χ3v) is 4.67. The molecule has 0 bridgehead atoms. The van der Waals surface area contributed by atoms with E-state index in [2.05, 4.69) is 16.4 Å². The molecule has 0 saturated heterocycles. The van der Waals surface area contributed by atoms with E-state index in [4.69, 9.17) is 4.74 Å². The Balaban J connectivity index is 1.64. The number of nitrogens with zero attached hydrogens (tertiary/aromatic N) is 1. The van der Waals surface area contributed by atoms with Crippen LogP contribution in [-0.4, -0.2) is 17.5 Å². The lowest BCUT2D eigenvalue weighted by atomic mass is 9.95. The van der Waals surface area contributed by atoms with Crippen molar-refractivity contribution in [3.05, 3.63) is 101 Å². The van der Waals surface area contributed by atoms with E-state index in [0.717, 1.165) is 23.1 Å². The number of carbonyl (C=O) groups excluding carboxylic acids is 1. The summed E-state index contributed by atoms with van der Waals surface area (Å²) in [5.41, 5.74) is 4.08. The monoisotopic (exact) mass is 344 g/mol. The molecule has 26 heavy (non-hydrogen) atoms. The summed E-state index contributed by atoms with van der Waals surface area (Å²) >= 11 is 0. The fourth-order valence-corrected chi connectivity index (χ4v) is 3.38. The first-order chi connectivity index (χ1) is 12.8. The second-order valence-corrected chi connectivity index (χ2v) is 6.34. The lowest BCUT2D eigenvalue weighted by Crippen LogP contribution is -2.36. The Labute approximate surface area is 152 Å². The normalized spacial score (nSPS) is 17.2. The number of hydrogen-bond donors (Lipinski definition) is 1. The summed E-state index contributed by atoms with van der Waals surface area (Å²) in [6.07, 6.45) is 3.77. The summed E-state index contributed by atoms with van der Waals surface area (Å²) in [4.78, 5) is 17.3. The van der Waals surface area contributed by atoms with Gasteiger partial charge in [-0.1, -0.05) is 60.7 Å². The highest BCUT2D eigenvalue weighted by molar-refractivity contribution is 5.83. The molecule has 4 heteroatoms. The van der Waals surface area contributed by atoms with Crippen molar-refractivity contribution in [1.82, 2.24) is 10.3 Å². The van der Waals surface area contributed by atoms with Gasteiger partial charge in [-0.25, -0.2) is 0 Å². The number of rotatable bonds is 4. The van der Waals surface area contributed by atoms with Crippen molar-refractivity contribution in [2.24, 2.45) is 0 Å². The van der Waals surface area contributed by atoms with Crippen molar-refractivity contribution in [1.29, 1.82) is 0 Å². The van der Waals surface area contributed by atoms with E-state index in [-0.39, 0.29) is 11.9 Å². The molecule has 130 valence electrons. The maximum Gasteiger partial charge on any atom is 0.254 e. The van der Waals surface area contributed by atoms with Gasteiger partial charge in [-0.2, -0.15) is 0 Å². The molecule has 0 radical (unpaired) electrons. The Morgan fingerprint density at radius 3 is 2.58 bits per heavy atom. The van der Waals surface area contributed by atoms with Crippen LogP contribution in [0.25, 0.3) is 0 Å². The van der Waals surface area contributed by atoms with Crippen molar-refractivity contribution < 1.29 is 9.53 Å². The number of fused-ring (bicyclic) bond motifs is 1. The predicted molar refractivity (Wildman–Crippen MR) is 99.5 cm³/mol. The molecule has 2 atom stereocenters. The van der Waals surface area contributed by atoms with Gasteiger partial charge in [0.25, 0.3) is 5.91 Å². The zero-order valence-electron chi connectivity index (χ0n) is 14.3. The number of ether oxygens (including phenoxy) is 1. The lowest BCUT2D eigenvalue weighted by molar-refractivity contribution is -0.134. The molecular formula is C22H20N2O2. The number of nitrogens with one attached hydrogen (secondary N) is 1. The van der Waals surface area contributed by atoms with E-state index in [1.807, 2.05) is 60.7 Å². The van der Waals surface area contributed by atoms with Crippen molar-refractivity contribution in [2.75, 3.05) is 6.61 Å². The van der Waals surface area contributed by atoms with Crippen LogP contribution in [0.5, 0.6) is 0 Å². The van der Waals surface area contributed by atoms with E-state index >= 15 is 0 Å². The van der Waals surface area contributed by atoms with Crippen LogP contribution in [0.3, 0.4) is 0 Å². The maximum atomic E-state index is 13.1. The topological polar surface area (TPSA) is 51.2 Å². The highest BCUT2D eigenvalue weighted by Crippen LogP contribution is 2.29. The van der Waals surface area contributed by atoms with Crippen LogP contribution in [0.4, 0.5) is 0 Å². The molecule has 1 aliphatic heterocycles. The summed E-state index contributed by atoms with van der Waals surface area (Å²) in [5, 5.41) is 3.16. The van der Waals surface area contributed by atoms with Crippen molar-refractivity contribution in [2.45, 2.75) is 18.6 Å². The van der Waals surface area contributed by atoms with Crippen molar-refractivity contribution >= 4 is 5.91 Å². The minimum Gasteiger partial charge on any atom is -0.363 e. The SMILES string of the molecule is O=C(N[C@H](c1ccccc1)c1cccnc1)[C@H]1OCCc2ccccc21. The highest BCUT2D eigenvalue weighted by atomic mass is 16.5. The fraction of sp³-hybridized carbons (Fsp3) is 0.182. The summed E-state index contributed by atoms with van der Waals surface area (Å²) in [6, 6.07) is 21.5. The number of benzene rings is 2. The van der Waals surface area contributed by atoms with Gasteiger partial charge in [0, 0.05) is 12.4 Å². The maximum absolute atomic E-state index is 13.1. The minimum absolute atomic E-state index is 0.130. The zero-order valence-corrected chi connectivity index (χ0v) is 14.3. The van der Waals surface area contributed by atoms with Crippen LogP contribution in [0, 0.1) is 0 Å². The predicted octanol–water partition coefficient (Wildman–Crippen LogP) is 3.60. The number of aromatic nitrogens is 1. The quantitative estimate of drug-likeness (QED) is 0.787. The molecule has 1 aromatic heterocycles. The molecule has 1 aliphatic rings. The Kier molecular flexibility index (Phi) is 4.75. The van der Waals surface area contributed by atoms with E-state index in [1.54, 1.807) is 12.4 Å². The van der Waals surface area contributed by atoms with Crippen LogP contribution >= 0.6 is 0 Å². The molecule has 0 aliphatic carbocycles.